The number of alkyl halides is 1. The Morgan fingerprint density at radius 1 is 1.07 bits per heavy atom. The lowest BCUT2D eigenvalue weighted by Gasteiger charge is -2.16. The van der Waals surface area contributed by atoms with E-state index in [1.54, 1.807) is 13.8 Å². The molecule has 0 amide bonds. The van der Waals surface area contributed by atoms with Gasteiger partial charge in [0.1, 0.15) is 41.0 Å². The molecule has 2 unspecified atom stereocenters. The Hall–Kier alpha value is -2.33. The number of likely N-dealkylation sites (tertiary alicyclic amines) is 1. The number of carbonyl (C=O) groups is 1. The van der Waals surface area contributed by atoms with Crippen LogP contribution in [0, 0.1) is 25.6 Å². The molecule has 210 valence electrons. The van der Waals surface area contributed by atoms with Crippen LogP contribution in [-0.2, 0) is 0 Å². The predicted octanol–water partition coefficient (Wildman–Crippen LogP) is 8.67. The molecule has 5 rings (SSSR count). The van der Waals surface area contributed by atoms with Gasteiger partial charge in [0.25, 0.3) is 0 Å². The number of benzene rings is 3. The fraction of sp³-hybridized carbons (Fsp3) is 0.300. The molecule has 0 saturated carbocycles. The van der Waals surface area contributed by atoms with Crippen molar-refractivity contribution in [1.82, 2.24) is 4.90 Å². The summed E-state index contributed by atoms with van der Waals surface area (Å²) in [6, 6.07) is 15.7. The van der Waals surface area contributed by atoms with Crippen molar-refractivity contribution in [2.24, 2.45) is 5.92 Å². The Balaban J connectivity index is 1.38. The van der Waals surface area contributed by atoms with Gasteiger partial charge in [-0.25, -0.2) is 4.39 Å². The van der Waals surface area contributed by atoms with Crippen molar-refractivity contribution < 1.29 is 27.6 Å². The Kier molecular flexibility index (Phi) is 9.56. The van der Waals surface area contributed by atoms with Gasteiger partial charge in [-0.05, 0) is 115 Å². The van der Waals surface area contributed by atoms with Crippen molar-refractivity contribution >= 4 is 55.7 Å². The molecule has 2 heterocycles. The standard InChI is InChI=1S/C30H29F2INO4PS/c1-18-13-21(32)14-19(2)27(18)28(35)30-29(25-8-7-24(38-39-33)15-26(25)40-30)37-23-5-3-22(4-6-23)36-12-11-34-10-9-20(16-31)17-34/h3-8,13-15,20,39H,9-12,16-17H2,1-2H3. The third-order valence-corrected chi connectivity index (χ3v) is 9.12. The van der Waals surface area contributed by atoms with Gasteiger partial charge < -0.3 is 14.0 Å². The largest absolute Gasteiger partial charge is 0.492 e. The number of ether oxygens (including phenoxy) is 2. The minimum atomic E-state index is -0.368. The quantitative estimate of drug-likeness (QED) is 0.0894. The normalized spacial score (nSPS) is 15.8. The first-order chi connectivity index (χ1) is 19.4. The highest BCUT2D eigenvalue weighted by Gasteiger charge is 2.25. The summed E-state index contributed by atoms with van der Waals surface area (Å²) in [6.45, 7) is 6.45. The van der Waals surface area contributed by atoms with E-state index in [0.29, 0.717) is 45.4 Å². The highest BCUT2D eigenvalue weighted by atomic mass is 127. The van der Waals surface area contributed by atoms with Crippen molar-refractivity contribution in [2.75, 3.05) is 32.9 Å². The van der Waals surface area contributed by atoms with Gasteiger partial charge in [0, 0.05) is 34.7 Å². The van der Waals surface area contributed by atoms with Crippen LogP contribution in [0.5, 0.6) is 23.0 Å². The zero-order valence-corrected chi connectivity index (χ0v) is 26.1. The summed E-state index contributed by atoms with van der Waals surface area (Å²) in [7, 11) is 0. The number of fused-ring (bicyclic) bond motifs is 1. The molecule has 5 nitrogen and oxygen atoms in total. The van der Waals surface area contributed by atoms with Gasteiger partial charge in [0.15, 0.2) is 5.75 Å². The molecule has 0 radical (unpaired) electrons. The lowest BCUT2D eigenvalue weighted by molar-refractivity contribution is 0.103. The molecular weight excluding hydrogens is 666 g/mol. The maximum Gasteiger partial charge on any atom is 0.207 e. The number of hydrogen-bond acceptors (Lipinski definition) is 6. The number of halogens is 3. The van der Waals surface area contributed by atoms with Crippen LogP contribution in [0.15, 0.2) is 54.6 Å². The molecular formula is C30H29F2INO4PS. The predicted molar refractivity (Wildman–Crippen MR) is 167 cm³/mol. The van der Waals surface area contributed by atoms with Crippen LogP contribution < -0.4 is 14.0 Å². The summed E-state index contributed by atoms with van der Waals surface area (Å²) in [5.41, 5.74) is 1.64. The number of ketones is 1. The van der Waals surface area contributed by atoms with E-state index in [-0.39, 0.29) is 30.6 Å². The first kappa shape index (κ1) is 29.2. The van der Waals surface area contributed by atoms with Crippen molar-refractivity contribution in [2.45, 2.75) is 20.3 Å². The molecule has 1 saturated heterocycles. The van der Waals surface area contributed by atoms with Gasteiger partial charge >= 0.3 is 0 Å². The number of nitrogens with zero attached hydrogens (tertiary/aromatic N) is 1. The average molecular weight is 696 g/mol. The lowest BCUT2D eigenvalue weighted by Crippen LogP contribution is -2.26. The Morgan fingerprint density at radius 2 is 1.77 bits per heavy atom. The van der Waals surface area contributed by atoms with Gasteiger partial charge in [0.05, 0.1) is 6.67 Å². The van der Waals surface area contributed by atoms with Gasteiger partial charge in [-0.3, -0.25) is 14.1 Å². The molecule has 10 heteroatoms. The van der Waals surface area contributed by atoms with E-state index in [0.717, 1.165) is 41.9 Å². The van der Waals surface area contributed by atoms with E-state index >= 15 is 0 Å². The van der Waals surface area contributed by atoms with Gasteiger partial charge in [0.2, 0.25) is 5.78 Å². The van der Waals surface area contributed by atoms with Gasteiger partial charge in [-0.15, -0.1) is 11.3 Å². The van der Waals surface area contributed by atoms with Gasteiger partial charge in [-0.2, -0.15) is 0 Å². The fourth-order valence-corrected chi connectivity index (χ4v) is 7.13. The SMILES string of the molecule is Cc1cc(F)cc(C)c1C(=O)c1sc2cc(OPI)ccc2c1Oc1ccc(OCCN2CCC(CF)C2)cc1. The molecule has 0 spiro atoms. The van der Waals surface area contributed by atoms with E-state index in [2.05, 4.69) is 26.9 Å². The maximum atomic E-state index is 14.0. The number of rotatable bonds is 11. The summed E-state index contributed by atoms with van der Waals surface area (Å²) < 4.78 is 45.6. The average Bonchev–Trinajstić information content (AvgIpc) is 3.53. The van der Waals surface area contributed by atoms with Crippen molar-refractivity contribution in [1.29, 1.82) is 0 Å². The third-order valence-electron chi connectivity index (χ3n) is 7.01. The van der Waals surface area contributed by atoms with Crippen LogP contribution in [0.25, 0.3) is 10.1 Å². The second-order valence-corrected chi connectivity index (χ2v) is 12.6. The van der Waals surface area contributed by atoms with Crippen LogP contribution in [-0.4, -0.2) is 43.6 Å². The summed E-state index contributed by atoms with van der Waals surface area (Å²) in [6.07, 6.45) is 0.900. The van der Waals surface area contributed by atoms with E-state index in [4.69, 9.17) is 14.0 Å². The maximum absolute atomic E-state index is 14.0. The van der Waals surface area contributed by atoms with Crippen molar-refractivity contribution in [3.8, 4) is 23.0 Å². The van der Waals surface area contributed by atoms with E-state index < -0.39 is 0 Å². The van der Waals surface area contributed by atoms with E-state index in [9.17, 15) is 13.6 Å². The van der Waals surface area contributed by atoms with Crippen LogP contribution in [0.3, 0.4) is 0 Å². The molecule has 0 N–H and O–H groups in total. The van der Waals surface area contributed by atoms with Crippen LogP contribution in [0.1, 0.15) is 32.8 Å². The number of hydrogen-bond donors (Lipinski definition) is 0. The molecule has 1 aliphatic rings. The summed E-state index contributed by atoms with van der Waals surface area (Å²) in [5, 5.41) is 0.799. The highest BCUT2D eigenvalue weighted by molar-refractivity contribution is 14.2. The minimum Gasteiger partial charge on any atom is -0.492 e. The number of thiophene rings is 1. The topological polar surface area (TPSA) is 48.0 Å². The third kappa shape index (κ3) is 6.59. The van der Waals surface area contributed by atoms with Crippen LogP contribution in [0.4, 0.5) is 8.78 Å². The zero-order chi connectivity index (χ0) is 28.2. The van der Waals surface area contributed by atoms with E-state index in [1.807, 2.05) is 42.5 Å². The first-order valence-corrected chi connectivity index (χ1v) is 17.8. The number of aryl methyl sites for hydroxylation is 2. The summed E-state index contributed by atoms with van der Waals surface area (Å²) >= 11 is 3.50. The summed E-state index contributed by atoms with van der Waals surface area (Å²) in [4.78, 5) is 16.5. The van der Waals surface area contributed by atoms with E-state index in [1.165, 1.54) is 23.5 Å². The molecule has 0 bridgehead atoms. The Labute approximate surface area is 251 Å². The van der Waals surface area contributed by atoms with Gasteiger partial charge in [-0.1, -0.05) is 0 Å². The Morgan fingerprint density at radius 3 is 2.45 bits per heavy atom. The molecule has 1 aromatic heterocycles. The molecule has 1 aliphatic heterocycles. The van der Waals surface area contributed by atoms with Crippen molar-refractivity contribution in [3.63, 3.8) is 0 Å². The zero-order valence-electron chi connectivity index (χ0n) is 22.1. The second-order valence-electron chi connectivity index (χ2n) is 9.87. The highest BCUT2D eigenvalue weighted by Crippen LogP contribution is 2.44. The van der Waals surface area contributed by atoms with Crippen LogP contribution in [0.2, 0.25) is 0 Å². The summed E-state index contributed by atoms with van der Waals surface area (Å²) in [5.74, 6) is 2.02. The first-order valence-electron chi connectivity index (χ1n) is 13.0. The van der Waals surface area contributed by atoms with Crippen LogP contribution >= 0.6 is 39.8 Å². The second kappa shape index (κ2) is 13.1. The molecule has 2 atom stereocenters. The minimum absolute atomic E-state index is 0.142. The molecule has 4 aromatic rings. The smallest absolute Gasteiger partial charge is 0.207 e. The molecule has 3 aromatic carbocycles. The lowest BCUT2D eigenvalue weighted by atomic mass is 9.97. The monoisotopic (exact) mass is 695 g/mol. The molecule has 40 heavy (non-hydrogen) atoms. The Bertz CT molecular complexity index is 1490. The number of carbonyl (C=O) groups excluding carboxylic acids is 1. The van der Waals surface area contributed by atoms with Crippen molar-refractivity contribution in [3.05, 3.63) is 82.0 Å². The molecule has 0 aliphatic carbocycles. The fourth-order valence-electron chi connectivity index (χ4n) is 5.05. The molecule has 1 fully saturated rings.